The number of rotatable bonds is 2. The lowest BCUT2D eigenvalue weighted by molar-refractivity contribution is -0.125. The molecule has 1 unspecified atom stereocenters. The highest BCUT2D eigenvalue weighted by Gasteiger charge is 2.31. The molecule has 0 N–H and O–H groups in total. The lowest BCUT2D eigenvalue weighted by Crippen LogP contribution is -2.44. The third-order valence-electron chi connectivity index (χ3n) is 3.45. The first-order valence-corrected chi connectivity index (χ1v) is 7.46. The predicted molar refractivity (Wildman–Crippen MR) is 81.8 cm³/mol. The van der Waals surface area contributed by atoms with Crippen LogP contribution in [-0.4, -0.2) is 12.0 Å². The summed E-state index contributed by atoms with van der Waals surface area (Å²) in [6.07, 6.45) is -0.632. The van der Waals surface area contributed by atoms with Gasteiger partial charge in [0.25, 0.3) is 5.91 Å². The largest absolute Gasteiger partial charge is 0.479 e. The number of nitrogens with zero attached hydrogens (tertiary/aromatic N) is 1. The van der Waals surface area contributed by atoms with Gasteiger partial charge in [-0.25, -0.2) is 8.78 Å². The predicted octanol–water partition coefficient (Wildman–Crippen LogP) is 4.04. The minimum atomic E-state index is -0.928. The summed E-state index contributed by atoms with van der Waals surface area (Å²) in [5.74, 6) is -1.49. The van der Waals surface area contributed by atoms with Crippen LogP contribution in [0.1, 0.15) is 12.5 Å². The molecule has 6 heteroatoms. The van der Waals surface area contributed by atoms with Gasteiger partial charge in [0.15, 0.2) is 17.7 Å². The Morgan fingerprint density at radius 1 is 1.18 bits per heavy atom. The van der Waals surface area contributed by atoms with E-state index in [-0.39, 0.29) is 12.5 Å². The van der Waals surface area contributed by atoms with Crippen molar-refractivity contribution in [2.24, 2.45) is 0 Å². The van der Waals surface area contributed by atoms with Gasteiger partial charge in [0.05, 0.1) is 12.2 Å². The third-order valence-corrected chi connectivity index (χ3v) is 3.95. The molecule has 114 valence electrons. The quantitative estimate of drug-likeness (QED) is 0.801. The van der Waals surface area contributed by atoms with Crippen LogP contribution in [0.5, 0.6) is 5.75 Å². The highest BCUT2D eigenvalue weighted by molar-refractivity contribution is 9.10. The molecule has 0 radical (unpaired) electrons. The van der Waals surface area contributed by atoms with Crippen molar-refractivity contribution in [1.29, 1.82) is 0 Å². The SMILES string of the molecule is CC1Oc2cc(Br)ccc2N(Cc2ccc(F)c(F)c2)C1=O. The Hall–Kier alpha value is -1.95. The third kappa shape index (κ3) is 2.70. The van der Waals surface area contributed by atoms with Gasteiger partial charge in [-0.15, -0.1) is 0 Å². The minimum absolute atomic E-state index is 0.151. The fourth-order valence-electron chi connectivity index (χ4n) is 2.37. The summed E-state index contributed by atoms with van der Waals surface area (Å²) in [7, 11) is 0. The molecule has 0 saturated heterocycles. The molecule has 1 amide bonds. The maximum atomic E-state index is 13.3. The first-order valence-electron chi connectivity index (χ1n) is 6.67. The van der Waals surface area contributed by atoms with Gasteiger partial charge in [0.2, 0.25) is 0 Å². The number of benzene rings is 2. The molecule has 1 aliphatic heterocycles. The summed E-state index contributed by atoms with van der Waals surface area (Å²) in [5, 5.41) is 0. The fourth-order valence-corrected chi connectivity index (χ4v) is 2.71. The molecule has 1 aliphatic rings. The molecule has 0 spiro atoms. The molecule has 22 heavy (non-hydrogen) atoms. The van der Waals surface area contributed by atoms with Crippen LogP contribution in [0.25, 0.3) is 0 Å². The van der Waals surface area contributed by atoms with Crippen LogP contribution in [0.15, 0.2) is 40.9 Å². The van der Waals surface area contributed by atoms with Gasteiger partial charge < -0.3 is 9.64 Å². The van der Waals surface area contributed by atoms with Crippen molar-refractivity contribution in [2.45, 2.75) is 19.6 Å². The standard InChI is InChI=1S/C16H12BrF2NO2/c1-9-16(21)20(8-10-2-4-12(18)13(19)6-10)14-5-3-11(17)7-15(14)22-9/h2-7,9H,8H2,1H3. The number of halogens is 3. The number of anilines is 1. The van der Waals surface area contributed by atoms with Crippen molar-refractivity contribution in [3.8, 4) is 5.75 Å². The summed E-state index contributed by atoms with van der Waals surface area (Å²) in [6.45, 7) is 1.81. The summed E-state index contributed by atoms with van der Waals surface area (Å²) < 4.78 is 32.8. The van der Waals surface area contributed by atoms with Crippen molar-refractivity contribution in [2.75, 3.05) is 4.90 Å². The number of ether oxygens (including phenoxy) is 1. The Morgan fingerprint density at radius 2 is 1.95 bits per heavy atom. The molecule has 1 heterocycles. The lowest BCUT2D eigenvalue weighted by atomic mass is 10.1. The second kappa shape index (κ2) is 5.68. The van der Waals surface area contributed by atoms with Crippen molar-refractivity contribution >= 4 is 27.5 Å². The topological polar surface area (TPSA) is 29.5 Å². The van der Waals surface area contributed by atoms with Crippen molar-refractivity contribution in [3.63, 3.8) is 0 Å². The Bertz CT molecular complexity index is 751. The van der Waals surface area contributed by atoms with Crippen LogP contribution in [-0.2, 0) is 11.3 Å². The number of hydrogen-bond donors (Lipinski definition) is 0. The Labute approximate surface area is 134 Å². The number of amides is 1. The molecular formula is C16H12BrF2NO2. The first kappa shape index (κ1) is 15.0. The number of fused-ring (bicyclic) bond motifs is 1. The lowest BCUT2D eigenvalue weighted by Gasteiger charge is -2.33. The fraction of sp³-hybridized carbons (Fsp3) is 0.188. The van der Waals surface area contributed by atoms with Crippen LogP contribution >= 0.6 is 15.9 Å². The van der Waals surface area contributed by atoms with Gasteiger partial charge in [-0.2, -0.15) is 0 Å². The van der Waals surface area contributed by atoms with E-state index >= 15 is 0 Å². The summed E-state index contributed by atoms with van der Waals surface area (Å²) in [6, 6.07) is 8.94. The minimum Gasteiger partial charge on any atom is -0.479 e. The van der Waals surface area contributed by atoms with Crippen molar-refractivity contribution in [3.05, 3.63) is 58.1 Å². The van der Waals surface area contributed by atoms with E-state index in [4.69, 9.17) is 4.74 Å². The average Bonchev–Trinajstić information content (AvgIpc) is 2.47. The van der Waals surface area contributed by atoms with Gasteiger partial charge in [0, 0.05) is 4.47 Å². The smallest absolute Gasteiger partial charge is 0.268 e. The van der Waals surface area contributed by atoms with Crippen LogP contribution in [0, 0.1) is 11.6 Å². The molecule has 0 bridgehead atoms. The van der Waals surface area contributed by atoms with Crippen LogP contribution in [0.4, 0.5) is 14.5 Å². The molecule has 2 aromatic rings. The van der Waals surface area contributed by atoms with E-state index in [1.54, 1.807) is 25.1 Å². The van der Waals surface area contributed by atoms with Crippen LogP contribution in [0.3, 0.4) is 0 Å². The zero-order valence-electron chi connectivity index (χ0n) is 11.6. The van der Waals surface area contributed by atoms with E-state index in [0.717, 1.165) is 16.6 Å². The van der Waals surface area contributed by atoms with Crippen molar-refractivity contribution < 1.29 is 18.3 Å². The van der Waals surface area contributed by atoms with Crippen molar-refractivity contribution in [1.82, 2.24) is 0 Å². The van der Waals surface area contributed by atoms with Gasteiger partial charge in [-0.1, -0.05) is 22.0 Å². The number of carbonyl (C=O) groups is 1. The highest BCUT2D eigenvalue weighted by Crippen LogP contribution is 2.37. The molecular weight excluding hydrogens is 356 g/mol. The van der Waals surface area contributed by atoms with Gasteiger partial charge in [-0.3, -0.25) is 4.79 Å². The maximum Gasteiger partial charge on any atom is 0.268 e. The maximum absolute atomic E-state index is 13.3. The molecule has 0 saturated carbocycles. The van der Waals surface area contributed by atoms with Crippen LogP contribution < -0.4 is 9.64 Å². The Kier molecular flexibility index (Phi) is 3.87. The van der Waals surface area contributed by atoms with Gasteiger partial charge in [0.1, 0.15) is 5.75 Å². The number of carbonyl (C=O) groups excluding carboxylic acids is 1. The molecule has 3 rings (SSSR count). The van der Waals surface area contributed by atoms with E-state index in [1.807, 2.05) is 0 Å². The highest BCUT2D eigenvalue weighted by atomic mass is 79.9. The normalized spacial score (nSPS) is 17.2. The second-order valence-corrected chi connectivity index (χ2v) is 5.96. The van der Waals surface area contributed by atoms with E-state index < -0.39 is 17.7 Å². The molecule has 1 atom stereocenters. The zero-order valence-corrected chi connectivity index (χ0v) is 13.2. The Balaban J connectivity index is 1.98. The van der Waals surface area contributed by atoms with Gasteiger partial charge in [-0.05, 0) is 42.8 Å². The molecule has 0 aromatic heterocycles. The second-order valence-electron chi connectivity index (χ2n) is 5.04. The molecule has 0 fully saturated rings. The molecule has 3 nitrogen and oxygen atoms in total. The van der Waals surface area contributed by atoms with E-state index in [9.17, 15) is 13.6 Å². The average molecular weight is 368 g/mol. The monoisotopic (exact) mass is 367 g/mol. The van der Waals surface area contributed by atoms with E-state index in [1.165, 1.54) is 11.0 Å². The molecule has 2 aromatic carbocycles. The van der Waals surface area contributed by atoms with Gasteiger partial charge >= 0.3 is 0 Å². The summed E-state index contributed by atoms with van der Waals surface area (Å²) in [4.78, 5) is 13.9. The first-order chi connectivity index (χ1) is 10.5. The van der Waals surface area contributed by atoms with E-state index in [0.29, 0.717) is 17.0 Å². The van der Waals surface area contributed by atoms with E-state index in [2.05, 4.69) is 15.9 Å². The zero-order chi connectivity index (χ0) is 15.9. The molecule has 0 aliphatic carbocycles. The summed E-state index contributed by atoms with van der Waals surface area (Å²) >= 11 is 3.36. The van der Waals surface area contributed by atoms with Crippen LogP contribution in [0.2, 0.25) is 0 Å². The number of hydrogen-bond acceptors (Lipinski definition) is 2. The summed E-state index contributed by atoms with van der Waals surface area (Å²) in [5.41, 5.74) is 1.12. The Morgan fingerprint density at radius 3 is 2.68 bits per heavy atom.